The van der Waals surface area contributed by atoms with Crippen LogP contribution in [-0.2, 0) is 0 Å². The van der Waals surface area contributed by atoms with Crippen LogP contribution >= 0.6 is 39.9 Å². The first-order valence-corrected chi connectivity index (χ1v) is 5.92. The molecule has 1 aromatic carbocycles. The summed E-state index contributed by atoms with van der Waals surface area (Å²) < 4.78 is 2.45. The molecular formula is C8H6BBrO2S2. The molecule has 2 N–H and O–H groups in total. The number of hydrogen-bond acceptors (Lipinski definition) is 4. The minimum atomic E-state index is -1.45. The molecule has 0 radical (unpaired) electrons. The van der Waals surface area contributed by atoms with Gasteiger partial charge in [-0.05, 0) is 12.1 Å². The molecule has 14 heavy (non-hydrogen) atoms. The highest BCUT2D eigenvalue weighted by atomic mass is 79.9. The van der Waals surface area contributed by atoms with E-state index in [9.17, 15) is 0 Å². The van der Waals surface area contributed by atoms with E-state index in [2.05, 4.69) is 28.6 Å². The fourth-order valence-electron chi connectivity index (χ4n) is 1.25. The van der Waals surface area contributed by atoms with Gasteiger partial charge in [-0.15, -0.1) is 24.0 Å². The highest BCUT2D eigenvalue weighted by Crippen LogP contribution is 2.29. The van der Waals surface area contributed by atoms with E-state index < -0.39 is 7.12 Å². The lowest BCUT2D eigenvalue weighted by atomic mass is 9.89. The monoisotopic (exact) mass is 288 g/mol. The Kier molecular flexibility index (Phi) is 2.90. The molecule has 0 saturated carbocycles. The summed E-state index contributed by atoms with van der Waals surface area (Å²) in [6.45, 7) is 0. The quantitative estimate of drug-likeness (QED) is 0.551. The Bertz CT molecular complexity index is 483. The number of thiol groups is 1. The van der Waals surface area contributed by atoms with Gasteiger partial charge in [0, 0.05) is 24.2 Å². The summed E-state index contributed by atoms with van der Waals surface area (Å²) in [4.78, 5) is 0.646. The van der Waals surface area contributed by atoms with Crippen LogP contribution in [0.1, 0.15) is 0 Å². The standard InChI is InChI=1S/C8H6BBrO2S2/c10-4-1-2-5-6(3-4)14-8(7(5)13)9(11)12/h1-3,11-13H. The number of rotatable bonds is 1. The molecule has 2 nitrogen and oxygen atoms in total. The molecule has 0 saturated heterocycles. The number of benzene rings is 1. The van der Waals surface area contributed by atoms with E-state index in [1.807, 2.05) is 18.2 Å². The van der Waals surface area contributed by atoms with Crippen LogP contribution in [0, 0.1) is 0 Å². The van der Waals surface area contributed by atoms with E-state index >= 15 is 0 Å². The predicted molar refractivity (Wildman–Crippen MR) is 66.6 cm³/mol. The molecule has 72 valence electrons. The molecular weight excluding hydrogens is 283 g/mol. The molecule has 0 aliphatic heterocycles. The summed E-state index contributed by atoms with van der Waals surface area (Å²) in [6.07, 6.45) is 0. The van der Waals surface area contributed by atoms with Gasteiger partial charge in [0.1, 0.15) is 0 Å². The van der Waals surface area contributed by atoms with Crippen molar-refractivity contribution in [2.75, 3.05) is 0 Å². The van der Waals surface area contributed by atoms with Gasteiger partial charge in [0.2, 0.25) is 0 Å². The Morgan fingerprint density at radius 1 is 1.36 bits per heavy atom. The topological polar surface area (TPSA) is 40.5 Å². The smallest absolute Gasteiger partial charge is 0.423 e. The normalized spacial score (nSPS) is 10.9. The second-order valence-corrected chi connectivity index (χ2v) is 5.28. The largest absolute Gasteiger partial charge is 0.500 e. The first-order chi connectivity index (χ1) is 6.59. The van der Waals surface area contributed by atoms with Crippen LogP contribution in [0.4, 0.5) is 0 Å². The van der Waals surface area contributed by atoms with Crippen LogP contribution in [0.25, 0.3) is 10.1 Å². The molecule has 6 heteroatoms. The summed E-state index contributed by atoms with van der Waals surface area (Å²) >= 11 is 8.96. The second-order valence-electron chi connectivity index (χ2n) is 2.83. The van der Waals surface area contributed by atoms with Gasteiger partial charge in [0.05, 0.1) is 0 Å². The summed E-state index contributed by atoms with van der Waals surface area (Å²) in [5.41, 5.74) is 0. The maximum Gasteiger partial charge on any atom is 0.500 e. The fraction of sp³-hybridized carbons (Fsp3) is 0. The minimum Gasteiger partial charge on any atom is -0.423 e. The Morgan fingerprint density at radius 2 is 2.07 bits per heavy atom. The third-order valence-electron chi connectivity index (χ3n) is 1.89. The Hall–Kier alpha value is -0.00506. The minimum absolute atomic E-state index is 0.487. The van der Waals surface area contributed by atoms with Crippen molar-refractivity contribution >= 4 is 61.9 Å². The maximum absolute atomic E-state index is 9.08. The van der Waals surface area contributed by atoms with E-state index in [4.69, 9.17) is 10.0 Å². The van der Waals surface area contributed by atoms with Gasteiger partial charge in [-0.2, -0.15) is 0 Å². The summed E-state index contributed by atoms with van der Waals surface area (Å²) in [5.74, 6) is 0. The number of hydrogen-bond donors (Lipinski definition) is 3. The summed E-state index contributed by atoms with van der Waals surface area (Å²) in [5, 5.41) is 19.1. The van der Waals surface area contributed by atoms with Gasteiger partial charge in [-0.3, -0.25) is 0 Å². The Labute approximate surface area is 99.3 Å². The van der Waals surface area contributed by atoms with Crippen molar-refractivity contribution in [1.82, 2.24) is 0 Å². The SMILES string of the molecule is OB(O)c1sc2cc(Br)ccc2c1S. The van der Waals surface area contributed by atoms with Crippen molar-refractivity contribution in [3.05, 3.63) is 22.7 Å². The molecule has 0 amide bonds. The zero-order valence-electron chi connectivity index (χ0n) is 6.94. The van der Waals surface area contributed by atoms with E-state index in [1.54, 1.807) is 0 Å². The van der Waals surface area contributed by atoms with Crippen molar-refractivity contribution in [3.63, 3.8) is 0 Å². The van der Waals surface area contributed by atoms with Crippen molar-refractivity contribution in [1.29, 1.82) is 0 Å². The first-order valence-electron chi connectivity index (χ1n) is 3.86. The first kappa shape index (κ1) is 10.5. The second kappa shape index (κ2) is 3.86. The van der Waals surface area contributed by atoms with Crippen LogP contribution < -0.4 is 4.78 Å². The zero-order chi connectivity index (χ0) is 10.3. The maximum atomic E-state index is 9.08. The van der Waals surface area contributed by atoms with Gasteiger partial charge < -0.3 is 10.0 Å². The Balaban J connectivity index is 2.73. The molecule has 2 rings (SSSR count). The average Bonchev–Trinajstić information content (AvgIpc) is 2.43. The Morgan fingerprint density at radius 3 is 2.71 bits per heavy atom. The summed E-state index contributed by atoms with van der Waals surface area (Å²) in [6, 6.07) is 5.75. The number of fused-ring (bicyclic) bond motifs is 1. The lowest BCUT2D eigenvalue weighted by Crippen LogP contribution is -2.27. The van der Waals surface area contributed by atoms with Gasteiger partial charge in [-0.1, -0.05) is 22.0 Å². The van der Waals surface area contributed by atoms with Gasteiger partial charge in [-0.25, -0.2) is 0 Å². The third-order valence-corrected chi connectivity index (χ3v) is 4.21. The molecule has 0 aliphatic rings. The molecule has 1 heterocycles. The van der Waals surface area contributed by atoms with Crippen molar-refractivity contribution in [3.8, 4) is 0 Å². The molecule has 0 atom stereocenters. The molecule has 0 spiro atoms. The molecule has 2 aromatic rings. The van der Waals surface area contributed by atoms with Crippen LogP contribution in [0.5, 0.6) is 0 Å². The average molecular weight is 289 g/mol. The third kappa shape index (κ3) is 1.72. The molecule has 0 unspecified atom stereocenters. The predicted octanol–water partition coefficient (Wildman–Crippen LogP) is 1.63. The molecule has 0 aliphatic carbocycles. The van der Waals surface area contributed by atoms with E-state index in [1.165, 1.54) is 11.3 Å². The van der Waals surface area contributed by atoms with Crippen LogP contribution in [0.3, 0.4) is 0 Å². The number of halogens is 1. The van der Waals surface area contributed by atoms with Gasteiger partial charge >= 0.3 is 7.12 Å². The van der Waals surface area contributed by atoms with Gasteiger partial charge in [0.25, 0.3) is 0 Å². The van der Waals surface area contributed by atoms with E-state index in [0.717, 1.165) is 14.6 Å². The lowest BCUT2D eigenvalue weighted by molar-refractivity contribution is 0.426. The van der Waals surface area contributed by atoms with E-state index in [-0.39, 0.29) is 0 Å². The van der Waals surface area contributed by atoms with E-state index in [0.29, 0.717) is 9.67 Å². The molecule has 0 bridgehead atoms. The van der Waals surface area contributed by atoms with Crippen molar-refractivity contribution in [2.24, 2.45) is 0 Å². The molecule has 1 aromatic heterocycles. The fourth-order valence-corrected chi connectivity index (χ4v) is 3.30. The highest BCUT2D eigenvalue weighted by Gasteiger charge is 2.19. The van der Waals surface area contributed by atoms with Crippen LogP contribution in [0.15, 0.2) is 27.6 Å². The lowest BCUT2D eigenvalue weighted by Gasteiger charge is -1.94. The summed E-state index contributed by atoms with van der Waals surface area (Å²) in [7, 11) is -1.45. The van der Waals surface area contributed by atoms with Gasteiger partial charge in [0.15, 0.2) is 0 Å². The zero-order valence-corrected chi connectivity index (χ0v) is 10.2. The van der Waals surface area contributed by atoms with Crippen LogP contribution in [0.2, 0.25) is 0 Å². The van der Waals surface area contributed by atoms with Crippen molar-refractivity contribution in [2.45, 2.75) is 4.90 Å². The van der Waals surface area contributed by atoms with Crippen LogP contribution in [-0.4, -0.2) is 17.2 Å². The van der Waals surface area contributed by atoms with Crippen molar-refractivity contribution < 1.29 is 10.0 Å². The number of thiophene rings is 1. The highest BCUT2D eigenvalue weighted by molar-refractivity contribution is 9.10. The molecule has 0 fully saturated rings.